The van der Waals surface area contributed by atoms with Crippen molar-refractivity contribution in [3.8, 4) is 0 Å². The van der Waals surface area contributed by atoms with Gasteiger partial charge in [-0.05, 0) is 12.1 Å². The molecular formula is C19H26N8O. The molecule has 3 aromatic heterocycles. The first-order valence-electron chi connectivity index (χ1n) is 9.45. The van der Waals surface area contributed by atoms with Gasteiger partial charge in [-0.2, -0.15) is 19.7 Å². The first-order valence-corrected chi connectivity index (χ1v) is 9.45. The van der Waals surface area contributed by atoms with E-state index in [2.05, 4.69) is 68.4 Å². The Balaban J connectivity index is 1.35. The van der Waals surface area contributed by atoms with Crippen molar-refractivity contribution in [1.82, 2.24) is 29.8 Å². The van der Waals surface area contributed by atoms with E-state index < -0.39 is 0 Å². The quantitative estimate of drug-likeness (QED) is 0.691. The third kappa shape index (κ3) is 3.75. The van der Waals surface area contributed by atoms with E-state index in [0.29, 0.717) is 18.3 Å². The Morgan fingerprint density at radius 3 is 2.71 bits per heavy atom. The summed E-state index contributed by atoms with van der Waals surface area (Å²) in [6.07, 6.45) is 1.51. The van der Waals surface area contributed by atoms with Gasteiger partial charge in [0.1, 0.15) is 12.1 Å². The van der Waals surface area contributed by atoms with Crippen LogP contribution in [0.15, 0.2) is 24.5 Å². The van der Waals surface area contributed by atoms with Gasteiger partial charge in [0.25, 0.3) is 5.78 Å². The summed E-state index contributed by atoms with van der Waals surface area (Å²) in [4.78, 5) is 10.9. The molecule has 0 saturated carbocycles. The van der Waals surface area contributed by atoms with Gasteiger partial charge >= 0.3 is 0 Å². The molecule has 4 heterocycles. The lowest BCUT2D eigenvalue weighted by Gasteiger charge is -2.40. The van der Waals surface area contributed by atoms with Crippen LogP contribution >= 0.6 is 0 Å². The molecule has 0 spiro atoms. The summed E-state index contributed by atoms with van der Waals surface area (Å²) >= 11 is 0. The molecule has 1 fully saturated rings. The molecule has 148 valence electrons. The number of nitrogens with one attached hydrogen (secondary N) is 1. The summed E-state index contributed by atoms with van der Waals surface area (Å²) in [5.41, 5.74) is 1.86. The molecule has 1 aliphatic rings. The van der Waals surface area contributed by atoms with Crippen LogP contribution in [0.1, 0.15) is 32.2 Å². The van der Waals surface area contributed by atoms with E-state index >= 15 is 0 Å². The lowest BCUT2D eigenvalue weighted by Crippen LogP contribution is -2.50. The Morgan fingerprint density at radius 1 is 1.21 bits per heavy atom. The van der Waals surface area contributed by atoms with Gasteiger partial charge in [0.05, 0.1) is 18.0 Å². The van der Waals surface area contributed by atoms with Crippen molar-refractivity contribution in [3.63, 3.8) is 0 Å². The maximum atomic E-state index is 5.19. The van der Waals surface area contributed by atoms with Gasteiger partial charge in [-0.15, -0.1) is 5.10 Å². The lowest BCUT2D eigenvalue weighted by atomic mass is 9.92. The number of hydrogen-bond acceptors (Lipinski definition) is 8. The zero-order valence-electron chi connectivity index (χ0n) is 16.8. The Kier molecular flexibility index (Phi) is 4.84. The Morgan fingerprint density at radius 2 is 2.04 bits per heavy atom. The predicted octanol–water partition coefficient (Wildman–Crippen LogP) is 1.91. The minimum absolute atomic E-state index is 0.0197. The maximum Gasteiger partial charge on any atom is 0.254 e. The van der Waals surface area contributed by atoms with Gasteiger partial charge in [0.2, 0.25) is 0 Å². The molecule has 0 aliphatic carbocycles. The molecule has 1 aliphatic heterocycles. The van der Waals surface area contributed by atoms with Gasteiger partial charge in [-0.3, -0.25) is 0 Å². The van der Waals surface area contributed by atoms with Crippen LogP contribution in [0.4, 0.5) is 11.6 Å². The van der Waals surface area contributed by atoms with Crippen LogP contribution in [-0.2, 0) is 16.8 Å². The topological polar surface area (TPSA) is 93.4 Å². The van der Waals surface area contributed by atoms with Crippen LogP contribution in [-0.4, -0.2) is 56.5 Å². The molecule has 3 aromatic rings. The predicted molar refractivity (Wildman–Crippen MR) is 106 cm³/mol. The van der Waals surface area contributed by atoms with Gasteiger partial charge in [-0.1, -0.05) is 20.8 Å². The van der Waals surface area contributed by atoms with Crippen molar-refractivity contribution >= 4 is 17.4 Å². The first kappa shape index (κ1) is 18.5. The fourth-order valence-corrected chi connectivity index (χ4v) is 3.24. The van der Waals surface area contributed by atoms with E-state index in [1.807, 2.05) is 6.07 Å². The molecule has 0 aromatic carbocycles. The second-order valence-electron chi connectivity index (χ2n) is 8.22. The third-order valence-corrected chi connectivity index (χ3v) is 4.87. The van der Waals surface area contributed by atoms with Crippen molar-refractivity contribution in [2.45, 2.75) is 32.8 Å². The molecule has 1 saturated heterocycles. The Labute approximate surface area is 164 Å². The van der Waals surface area contributed by atoms with Crippen molar-refractivity contribution < 1.29 is 4.74 Å². The normalized spacial score (nSPS) is 15.1. The SMILES string of the molecule is COCc1cc(NCC2CN(c3ccc(C(C)(C)C)nn3)C2)n2ncnc2n1. The number of anilines is 2. The fourth-order valence-electron chi connectivity index (χ4n) is 3.24. The molecule has 28 heavy (non-hydrogen) atoms. The smallest absolute Gasteiger partial charge is 0.254 e. The molecule has 0 unspecified atom stereocenters. The number of rotatable bonds is 6. The van der Waals surface area contributed by atoms with Crippen LogP contribution < -0.4 is 10.2 Å². The highest BCUT2D eigenvalue weighted by atomic mass is 16.5. The number of aromatic nitrogens is 6. The van der Waals surface area contributed by atoms with Crippen LogP contribution in [0.5, 0.6) is 0 Å². The summed E-state index contributed by atoms with van der Waals surface area (Å²) < 4.78 is 6.91. The summed E-state index contributed by atoms with van der Waals surface area (Å²) in [7, 11) is 1.66. The number of methoxy groups -OCH3 is 1. The maximum absolute atomic E-state index is 5.19. The molecule has 4 rings (SSSR count). The molecule has 0 radical (unpaired) electrons. The Bertz CT molecular complexity index is 941. The van der Waals surface area contributed by atoms with E-state index in [1.165, 1.54) is 6.33 Å². The van der Waals surface area contributed by atoms with E-state index in [4.69, 9.17) is 4.74 Å². The average Bonchev–Trinajstić information content (AvgIpc) is 3.09. The fraction of sp³-hybridized carbons (Fsp3) is 0.526. The largest absolute Gasteiger partial charge is 0.378 e. The second-order valence-corrected chi connectivity index (χ2v) is 8.22. The first-order chi connectivity index (χ1) is 13.4. The summed E-state index contributed by atoms with van der Waals surface area (Å²) in [6, 6.07) is 6.10. The third-order valence-electron chi connectivity index (χ3n) is 4.87. The van der Waals surface area contributed by atoms with E-state index in [-0.39, 0.29) is 5.41 Å². The molecule has 0 amide bonds. The minimum atomic E-state index is 0.0197. The number of ether oxygens (including phenoxy) is 1. The highest BCUT2D eigenvalue weighted by molar-refractivity contribution is 5.46. The monoisotopic (exact) mass is 382 g/mol. The van der Waals surface area contributed by atoms with E-state index in [1.54, 1.807) is 11.6 Å². The van der Waals surface area contributed by atoms with E-state index in [0.717, 1.165) is 42.7 Å². The molecule has 0 bridgehead atoms. The number of nitrogens with zero attached hydrogens (tertiary/aromatic N) is 7. The Hall–Kier alpha value is -2.81. The molecule has 1 N–H and O–H groups in total. The van der Waals surface area contributed by atoms with Crippen LogP contribution in [0.3, 0.4) is 0 Å². The molecule has 9 nitrogen and oxygen atoms in total. The van der Waals surface area contributed by atoms with Crippen molar-refractivity contribution in [2.75, 3.05) is 37.0 Å². The molecular weight excluding hydrogens is 356 g/mol. The number of hydrogen-bond donors (Lipinski definition) is 1. The van der Waals surface area contributed by atoms with Crippen molar-refractivity contribution in [3.05, 3.63) is 35.9 Å². The zero-order chi connectivity index (χ0) is 19.7. The highest BCUT2D eigenvalue weighted by Gasteiger charge is 2.28. The van der Waals surface area contributed by atoms with Gasteiger partial charge in [-0.25, -0.2) is 4.98 Å². The average molecular weight is 382 g/mol. The van der Waals surface area contributed by atoms with Crippen molar-refractivity contribution in [1.29, 1.82) is 0 Å². The summed E-state index contributed by atoms with van der Waals surface area (Å²) in [5.74, 6) is 2.92. The zero-order valence-corrected chi connectivity index (χ0v) is 16.8. The lowest BCUT2D eigenvalue weighted by molar-refractivity contribution is 0.181. The van der Waals surface area contributed by atoms with Gasteiger partial charge in [0.15, 0.2) is 5.82 Å². The highest BCUT2D eigenvalue weighted by Crippen LogP contribution is 2.25. The van der Waals surface area contributed by atoms with Crippen LogP contribution in [0.25, 0.3) is 5.78 Å². The summed E-state index contributed by atoms with van der Waals surface area (Å²) in [5, 5.41) is 16.5. The molecule has 9 heteroatoms. The van der Waals surface area contributed by atoms with Crippen LogP contribution in [0.2, 0.25) is 0 Å². The standard InChI is InChI=1S/C19H26N8O/c1-19(2,3)15-5-6-16(25-24-15)26-9-13(10-26)8-20-17-7-14(11-28-4)23-18-21-12-22-27(17)18/h5-7,12-13,20H,8-11H2,1-4H3. The molecule has 0 atom stereocenters. The van der Waals surface area contributed by atoms with Gasteiger partial charge < -0.3 is 15.0 Å². The van der Waals surface area contributed by atoms with Crippen molar-refractivity contribution in [2.24, 2.45) is 5.92 Å². The van der Waals surface area contributed by atoms with Gasteiger partial charge in [0, 0.05) is 44.1 Å². The second kappa shape index (κ2) is 7.31. The minimum Gasteiger partial charge on any atom is -0.378 e. The van der Waals surface area contributed by atoms with E-state index in [9.17, 15) is 0 Å². The van der Waals surface area contributed by atoms with Crippen LogP contribution in [0, 0.1) is 5.92 Å². The summed E-state index contributed by atoms with van der Waals surface area (Å²) in [6.45, 7) is 9.62. The number of fused-ring (bicyclic) bond motifs is 1.